The van der Waals surface area contributed by atoms with Gasteiger partial charge in [-0.15, -0.1) is 0 Å². The molecule has 4 nitrogen and oxygen atoms in total. The largest absolute Gasteiger partial charge is 0.493 e. The molecule has 0 fully saturated rings. The number of aryl methyl sites for hydroxylation is 1. The molecule has 18 heavy (non-hydrogen) atoms. The van der Waals surface area contributed by atoms with Gasteiger partial charge in [0.1, 0.15) is 5.76 Å². The topological polar surface area (TPSA) is 48.7 Å². The Hall–Kier alpha value is -1.97. The first kappa shape index (κ1) is 12.5. The van der Waals surface area contributed by atoms with Crippen LogP contribution in [0.15, 0.2) is 27.4 Å². The van der Waals surface area contributed by atoms with E-state index in [4.69, 9.17) is 13.9 Å². The second-order valence-electron chi connectivity index (χ2n) is 4.37. The molecule has 0 aliphatic carbocycles. The molecule has 0 unspecified atom stereocenters. The Morgan fingerprint density at radius 2 is 1.94 bits per heavy atom. The van der Waals surface area contributed by atoms with E-state index < -0.39 is 0 Å². The predicted molar refractivity (Wildman–Crippen MR) is 69.5 cm³/mol. The van der Waals surface area contributed by atoms with Gasteiger partial charge in [-0.3, -0.25) is 0 Å². The fraction of sp³-hybridized carbons (Fsp3) is 0.357. The zero-order valence-electron chi connectivity index (χ0n) is 10.9. The molecule has 1 heterocycles. The molecular formula is C14H16O4. The van der Waals surface area contributed by atoms with Crippen LogP contribution in [0.3, 0.4) is 0 Å². The van der Waals surface area contributed by atoms with Gasteiger partial charge in [0.2, 0.25) is 0 Å². The second kappa shape index (κ2) is 4.72. The first-order chi connectivity index (χ1) is 8.52. The molecule has 0 saturated heterocycles. The quantitative estimate of drug-likeness (QED) is 0.838. The molecule has 4 heteroatoms. The number of hydrogen-bond donors (Lipinski definition) is 0. The van der Waals surface area contributed by atoms with Crippen LogP contribution in [0.1, 0.15) is 19.6 Å². The lowest BCUT2D eigenvalue weighted by Crippen LogP contribution is -2.09. The van der Waals surface area contributed by atoms with E-state index in [2.05, 4.69) is 0 Å². The summed E-state index contributed by atoms with van der Waals surface area (Å²) in [5.74, 6) is 1.75. The lowest BCUT2D eigenvalue weighted by Gasteiger charge is -2.15. The summed E-state index contributed by atoms with van der Waals surface area (Å²) in [6.45, 7) is 5.59. The summed E-state index contributed by atoms with van der Waals surface area (Å²) in [4.78, 5) is 11.8. The Bertz CT molecular complexity index is 625. The standard InChI is InChI=1S/C14H16O4/c1-8(2)17-13-11-7-9(3)18-14(15)10(11)5-6-12(13)16-4/h5-8H,1-4H3. The number of benzene rings is 1. The maximum absolute atomic E-state index is 11.8. The van der Waals surface area contributed by atoms with Gasteiger partial charge in [-0.05, 0) is 39.0 Å². The van der Waals surface area contributed by atoms with Crippen molar-refractivity contribution >= 4 is 10.8 Å². The highest BCUT2D eigenvalue weighted by Gasteiger charge is 2.14. The normalized spacial score (nSPS) is 10.9. The Kier molecular flexibility index (Phi) is 3.28. The molecule has 0 spiro atoms. The van der Waals surface area contributed by atoms with E-state index in [9.17, 15) is 4.79 Å². The van der Waals surface area contributed by atoms with Crippen LogP contribution < -0.4 is 15.1 Å². The Labute approximate surface area is 105 Å². The summed E-state index contributed by atoms with van der Waals surface area (Å²) in [5, 5.41) is 1.22. The Balaban J connectivity index is 2.79. The maximum atomic E-state index is 11.8. The summed E-state index contributed by atoms with van der Waals surface area (Å²) in [7, 11) is 1.58. The van der Waals surface area contributed by atoms with Crippen LogP contribution >= 0.6 is 0 Å². The van der Waals surface area contributed by atoms with E-state index in [0.29, 0.717) is 22.6 Å². The number of methoxy groups -OCH3 is 1. The van der Waals surface area contributed by atoms with Crippen LogP contribution in [0.25, 0.3) is 10.8 Å². The highest BCUT2D eigenvalue weighted by atomic mass is 16.5. The molecular weight excluding hydrogens is 232 g/mol. The molecule has 0 aliphatic rings. The number of rotatable bonds is 3. The lowest BCUT2D eigenvalue weighted by molar-refractivity contribution is 0.233. The fourth-order valence-electron chi connectivity index (χ4n) is 1.85. The average molecular weight is 248 g/mol. The third kappa shape index (κ3) is 2.18. The smallest absolute Gasteiger partial charge is 0.343 e. The minimum atomic E-state index is -0.360. The minimum Gasteiger partial charge on any atom is -0.493 e. The van der Waals surface area contributed by atoms with Gasteiger partial charge in [-0.1, -0.05) is 0 Å². The van der Waals surface area contributed by atoms with Gasteiger partial charge in [0.25, 0.3) is 0 Å². The van der Waals surface area contributed by atoms with Crippen molar-refractivity contribution in [2.75, 3.05) is 7.11 Å². The maximum Gasteiger partial charge on any atom is 0.343 e. The van der Waals surface area contributed by atoms with Crippen molar-refractivity contribution in [1.29, 1.82) is 0 Å². The van der Waals surface area contributed by atoms with E-state index in [1.54, 1.807) is 32.2 Å². The lowest BCUT2D eigenvalue weighted by atomic mass is 10.1. The van der Waals surface area contributed by atoms with Gasteiger partial charge in [-0.25, -0.2) is 4.79 Å². The molecule has 0 aliphatic heterocycles. The van der Waals surface area contributed by atoms with E-state index in [0.717, 1.165) is 5.39 Å². The third-order valence-corrected chi connectivity index (χ3v) is 2.55. The number of ether oxygens (including phenoxy) is 2. The molecule has 0 amide bonds. The highest BCUT2D eigenvalue weighted by molar-refractivity contribution is 5.90. The highest BCUT2D eigenvalue weighted by Crippen LogP contribution is 2.35. The molecule has 0 N–H and O–H groups in total. The predicted octanol–water partition coefficient (Wildman–Crippen LogP) is 2.90. The monoisotopic (exact) mass is 248 g/mol. The molecule has 1 aromatic heterocycles. The molecule has 96 valence electrons. The molecule has 2 rings (SSSR count). The van der Waals surface area contributed by atoms with E-state index in [1.165, 1.54) is 0 Å². The molecule has 0 bridgehead atoms. The molecule has 0 atom stereocenters. The average Bonchev–Trinajstić information content (AvgIpc) is 2.29. The van der Waals surface area contributed by atoms with Crippen LogP contribution in [-0.4, -0.2) is 13.2 Å². The van der Waals surface area contributed by atoms with Crippen LogP contribution in [-0.2, 0) is 0 Å². The number of hydrogen-bond acceptors (Lipinski definition) is 4. The Morgan fingerprint density at radius 1 is 1.22 bits per heavy atom. The first-order valence-electron chi connectivity index (χ1n) is 5.81. The van der Waals surface area contributed by atoms with Gasteiger partial charge >= 0.3 is 5.63 Å². The van der Waals surface area contributed by atoms with E-state index in [-0.39, 0.29) is 11.7 Å². The summed E-state index contributed by atoms with van der Waals surface area (Å²) in [6.07, 6.45) is -0.00273. The fourth-order valence-corrected chi connectivity index (χ4v) is 1.85. The summed E-state index contributed by atoms with van der Waals surface area (Å²) in [5.41, 5.74) is -0.360. The van der Waals surface area contributed by atoms with Gasteiger partial charge < -0.3 is 13.9 Å². The summed E-state index contributed by atoms with van der Waals surface area (Å²) < 4.78 is 16.1. The zero-order valence-corrected chi connectivity index (χ0v) is 10.9. The molecule has 0 saturated carbocycles. The van der Waals surface area contributed by atoms with Gasteiger partial charge in [0.15, 0.2) is 11.5 Å². The van der Waals surface area contributed by atoms with Crippen molar-refractivity contribution in [1.82, 2.24) is 0 Å². The second-order valence-corrected chi connectivity index (χ2v) is 4.37. The van der Waals surface area contributed by atoms with Crippen LogP contribution in [0, 0.1) is 6.92 Å². The van der Waals surface area contributed by atoms with Gasteiger partial charge in [-0.2, -0.15) is 0 Å². The van der Waals surface area contributed by atoms with Crippen LogP contribution in [0.5, 0.6) is 11.5 Å². The summed E-state index contributed by atoms with van der Waals surface area (Å²) in [6, 6.07) is 5.19. The van der Waals surface area contributed by atoms with Crippen molar-refractivity contribution < 1.29 is 13.9 Å². The van der Waals surface area contributed by atoms with Crippen molar-refractivity contribution in [2.24, 2.45) is 0 Å². The van der Waals surface area contributed by atoms with Crippen molar-refractivity contribution in [3.63, 3.8) is 0 Å². The third-order valence-electron chi connectivity index (χ3n) is 2.55. The molecule has 2 aromatic rings. The van der Waals surface area contributed by atoms with Crippen molar-refractivity contribution in [3.05, 3.63) is 34.4 Å². The van der Waals surface area contributed by atoms with Crippen molar-refractivity contribution in [3.8, 4) is 11.5 Å². The van der Waals surface area contributed by atoms with Gasteiger partial charge in [0.05, 0.1) is 18.6 Å². The zero-order chi connectivity index (χ0) is 13.3. The van der Waals surface area contributed by atoms with Crippen molar-refractivity contribution in [2.45, 2.75) is 26.9 Å². The summed E-state index contributed by atoms with van der Waals surface area (Å²) >= 11 is 0. The number of fused-ring (bicyclic) bond motifs is 1. The first-order valence-corrected chi connectivity index (χ1v) is 5.81. The Morgan fingerprint density at radius 3 is 2.56 bits per heavy atom. The molecule has 1 aromatic carbocycles. The molecule has 0 radical (unpaired) electrons. The SMILES string of the molecule is COc1ccc2c(=O)oc(C)cc2c1OC(C)C. The van der Waals surface area contributed by atoms with E-state index in [1.807, 2.05) is 13.8 Å². The van der Waals surface area contributed by atoms with Crippen LogP contribution in [0.2, 0.25) is 0 Å². The minimum absolute atomic E-state index is 0.00273. The van der Waals surface area contributed by atoms with Gasteiger partial charge in [0, 0.05) is 5.39 Å². The van der Waals surface area contributed by atoms with Crippen LogP contribution in [0.4, 0.5) is 0 Å². The van der Waals surface area contributed by atoms with E-state index >= 15 is 0 Å².